The molecule has 0 bridgehead atoms. The third-order valence-corrected chi connectivity index (χ3v) is 3.83. The van der Waals surface area contributed by atoms with Crippen LogP contribution in [0.2, 0.25) is 5.02 Å². The molecule has 0 spiro atoms. The van der Waals surface area contributed by atoms with Crippen molar-refractivity contribution in [3.8, 4) is 0 Å². The van der Waals surface area contributed by atoms with Gasteiger partial charge in [0.15, 0.2) is 0 Å². The van der Waals surface area contributed by atoms with E-state index in [9.17, 15) is 0 Å². The molecule has 1 atom stereocenters. The summed E-state index contributed by atoms with van der Waals surface area (Å²) in [5, 5.41) is 0.745. The molecule has 0 aliphatic heterocycles. The van der Waals surface area contributed by atoms with Gasteiger partial charge in [-0.15, -0.1) is 11.6 Å². The molecule has 0 fully saturated rings. The highest BCUT2D eigenvalue weighted by atomic mass is 35.5. The molecule has 0 aliphatic carbocycles. The zero-order chi connectivity index (χ0) is 11.0. The predicted octanol–water partition coefficient (Wildman–Crippen LogP) is 4.84. The third kappa shape index (κ3) is 2.24. The Morgan fingerprint density at radius 3 is 1.71 bits per heavy atom. The second kappa shape index (κ2) is 3.75. The summed E-state index contributed by atoms with van der Waals surface area (Å²) in [6.45, 7) is 8.44. The molecule has 1 rings (SSSR count). The molecular weight excluding hydrogens is 215 g/mol. The monoisotopic (exact) mass is 230 g/mol. The van der Waals surface area contributed by atoms with Gasteiger partial charge in [0.1, 0.15) is 0 Å². The first-order chi connectivity index (χ1) is 6.25. The highest BCUT2D eigenvalue weighted by Crippen LogP contribution is 2.44. The number of rotatable bonds is 1. The molecule has 0 aliphatic rings. The van der Waals surface area contributed by atoms with Crippen LogP contribution in [0.1, 0.15) is 33.3 Å². The van der Waals surface area contributed by atoms with E-state index in [-0.39, 0.29) is 10.3 Å². The minimum absolute atomic E-state index is 0.0163. The fraction of sp³-hybridized carbons (Fsp3) is 0.500. The maximum absolute atomic E-state index is 6.55. The number of halogens is 2. The van der Waals surface area contributed by atoms with Crippen molar-refractivity contribution in [1.82, 2.24) is 0 Å². The van der Waals surface area contributed by atoms with Gasteiger partial charge in [-0.3, -0.25) is 0 Å². The fourth-order valence-corrected chi connectivity index (χ4v) is 1.45. The second-order valence-corrected chi connectivity index (χ2v) is 5.95. The second-order valence-electron chi connectivity index (χ2n) is 4.76. The summed E-state index contributed by atoms with van der Waals surface area (Å²) in [6, 6.07) is 7.73. The molecule has 0 nitrogen and oxygen atoms in total. The Labute approximate surface area is 96.2 Å². The predicted molar refractivity (Wildman–Crippen MR) is 64.1 cm³/mol. The highest BCUT2D eigenvalue weighted by Gasteiger charge is 2.36. The first-order valence-electron chi connectivity index (χ1n) is 4.70. The highest BCUT2D eigenvalue weighted by molar-refractivity contribution is 6.30. The molecule has 1 aromatic carbocycles. The maximum atomic E-state index is 6.55. The molecule has 0 radical (unpaired) electrons. The van der Waals surface area contributed by atoms with Crippen LogP contribution >= 0.6 is 23.2 Å². The SMILES string of the molecule is CC(C)(C)C(C)(Cl)c1ccc(Cl)cc1. The Hall–Kier alpha value is -0.200. The van der Waals surface area contributed by atoms with Crippen LogP contribution in [0.25, 0.3) is 0 Å². The lowest BCUT2D eigenvalue weighted by Gasteiger charge is -2.36. The molecule has 1 unspecified atom stereocenters. The van der Waals surface area contributed by atoms with Crippen LogP contribution < -0.4 is 0 Å². The van der Waals surface area contributed by atoms with E-state index in [1.807, 2.05) is 31.2 Å². The Morgan fingerprint density at radius 1 is 0.929 bits per heavy atom. The van der Waals surface area contributed by atoms with Crippen LogP contribution in [0, 0.1) is 5.41 Å². The van der Waals surface area contributed by atoms with Crippen molar-refractivity contribution in [2.24, 2.45) is 5.41 Å². The van der Waals surface area contributed by atoms with Crippen molar-refractivity contribution in [1.29, 1.82) is 0 Å². The van der Waals surface area contributed by atoms with Crippen LogP contribution in [-0.4, -0.2) is 0 Å². The topological polar surface area (TPSA) is 0 Å². The van der Waals surface area contributed by atoms with Gasteiger partial charge in [-0.25, -0.2) is 0 Å². The van der Waals surface area contributed by atoms with E-state index in [4.69, 9.17) is 23.2 Å². The lowest BCUT2D eigenvalue weighted by atomic mass is 9.77. The van der Waals surface area contributed by atoms with Crippen molar-refractivity contribution >= 4 is 23.2 Å². The molecule has 1 aromatic rings. The van der Waals surface area contributed by atoms with Crippen molar-refractivity contribution in [3.63, 3.8) is 0 Å². The first kappa shape index (κ1) is 11.9. The molecule has 0 aromatic heterocycles. The Bertz CT molecular complexity index is 304. The largest absolute Gasteiger partial charge is 0.114 e. The van der Waals surface area contributed by atoms with Gasteiger partial charge in [-0.1, -0.05) is 44.5 Å². The van der Waals surface area contributed by atoms with E-state index >= 15 is 0 Å². The molecule has 0 heterocycles. The maximum Gasteiger partial charge on any atom is 0.0715 e. The number of hydrogen-bond donors (Lipinski definition) is 0. The molecule has 78 valence electrons. The lowest BCUT2D eigenvalue weighted by molar-refractivity contribution is 0.296. The molecule has 0 N–H and O–H groups in total. The molecule has 0 saturated carbocycles. The molecule has 0 amide bonds. The summed E-state index contributed by atoms with van der Waals surface area (Å²) in [4.78, 5) is -0.364. The smallest absolute Gasteiger partial charge is 0.0715 e. The minimum atomic E-state index is -0.364. The summed E-state index contributed by atoms with van der Waals surface area (Å²) in [5.74, 6) is 0. The van der Waals surface area contributed by atoms with Gasteiger partial charge in [0.25, 0.3) is 0 Å². The zero-order valence-electron chi connectivity index (χ0n) is 9.07. The summed E-state index contributed by atoms with van der Waals surface area (Å²) in [7, 11) is 0. The number of benzene rings is 1. The Kier molecular flexibility index (Phi) is 3.18. The summed E-state index contributed by atoms with van der Waals surface area (Å²) < 4.78 is 0. The first-order valence-corrected chi connectivity index (χ1v) is 5.46. The molecule has 14 heavy (non-hydrogen) atoms. The van der Waals surface area contributed by atoms with E-state index in [2.05, 4.69) is 20.8 Å². The van der Waals surface area contributed by atoms with Crippen LogP contribution in [0.4, 0.5) is 0 Å². The van der Waals surface area contributed by atoms with Crippen LogP contribution in [0.3, 0.4) is 0 Å². The molecule has 0 saturated heterocycles. The molecular formula is C12H16Cl2. The van der Waals surface area contributed by atoms with Crippen molar-refractivity contribution in [2.45, 2.75) is 32.6 Å². The van der Waals surface area contributed by atoms with E-state index < -0.39 is 0 Å². The van der Waals surface area contributed by atoms with Gasteiger partial charge in [0, 0.05) is 5.02 Å². The van der Waals surface area contributed by atoms with Crippen molar-refractivity contribution in [2.75, 3.05) is 0 Å². The fourth-order valence-electron chi connectivity index (χ4n) is 1.20. The quantitative estimate of drug-likeness (QED) is 0.606. The van der Waals surface area contributed by atoms with Crippen molar-refractivity contribution in [3.05, 3.63) is 34.9 Å². The number of hydrogen-bond acceptors (Lipinski definition) is 0. The van der Waals surface area contributed by atoms with Gasteiger partial charge >= 0.3 is 0 Å². The van der Waals surface area contributed by atoms with E-state index in [0.29, 0.717) is 0 Å². The lowest BCUT2D eigenvalue weighted by Crippen LogP contribution is -2.31. The zero-order valence-corrected chi connectivity index (χ0v) is 10.6. The third-order valence-electron chi connectivity index (χ3n) is 2.79. The van der Waals surface area contributed by atoms with E-state index in [1.54, 1.807) is 0 Å². The average molecular weight is 231 g/mol. The molecule has 2 heteroatoms. The summed E-state index contributed by atoms with van der Waals surface area (Å²) in [5.41, 5.74) is 1.12. The Morgan fingerprint density at radius 2 is 1.36 bits per heavy atom. The van der Waals surface area contributed by atoms with E-state index in [0.717, 1.165) is 10.6 Å². The standard InChI is InChI=1S/C12H16Cl2/c1-11(2,3)12(4,14)9-5-7-10(13)8-6-9/h5-8H,1-4H3. The Balaban J connectivity index is 3.10. The van der Waals surface area contributed by atoms with Gasteiger partial charge in [0.2, 0.25) is 0 Å². The van der Waals surface area contributed by atoms with E-state index in [1.165, 1.54) is 0 Å². The summed E-state index contributed by atoms with van der Waals surface area (Å²) >= 11 is 12.4. The van der Waals surface area contributed by atoms with Crippen LogP contribution in [0.5, 0.6) is 0 Å². The van der Waals surface area contributed by atoms with Crippen molar-refractivity contribution < 1.29 is 0 Å². The van der Waals surface area contributed by atoms with Crippen LogP contribution in [0.15, 0.2) is 24.3 Å². The average Bonchev–Trinajstić information content (AvgIpc) is 2.03. The summed E-state index contributed by atoms with van der Waals surface area (Å²) in [6.07, 6.45) is 0. The van der Waals surface area contributed by atoms with Crippen LogP contribution in [-0.2, 0) is 4.87 Å². The van der Waals surface area contributed by atoms with Gasteiger partial charge in [0.05, 0.1) is 4.87 Å². The van der Waals surface area contributed by atoms with Gasteiger partial charge < -0.3 is 0 Å². The number of alkyl halides is 1. The minimum Gasteiger partial charge on any atom is -0.114 e. The normalized spacial score (nSPS) is 16.4. The van der Waals surface area contributed by atoms with Gasteiger partial charge in [-0.2, -0.15) is 0 Å². The van der Waals surface area contributed by atoms with Gasteiger partial charge in [-0.05, 0) is 30.0 Å².